The van der Waals surface area contributed by atoms with E-state index < -0.39 is 29.9 Å². The molecule has 1 atom stereocenters. The Kier molecular flexibility index (Phi) is 3.59. The summed E-state index contributed by atoms with van der Waals surface area (Å²) < 4.78 is 11.2. The molecule has 23 heavy (non-hydrogen) atoms. The van der Waals surface area contributed by atoms with Gasteiger partial charge in [0.25, 0.3) is 5.91 Å². The van der Waals surface area contributed by atoms with E-state index in [1.54, 1.807) is 25.1 Å². The van der Waals surface area contributed by atoms with Crippen LogP contribution in [0.25, 0.3) is 0 Å². The Labute approximate surface area is 132 Å². The minimum absolute atomic E-state index is 0.454. The Hall–Kier alpha value is -2.77. The Morgan fingerprint density at radius 2 is 2.00 bits per heavy atom. The van der Waals surface area contributed by atoms with Crippen LogP contribution in [0.4, 0.5) is 4.79 Å². The van der Waals surface area contributed by atoms with E-state index in [4.69, 9.17) is 15.2 Å². The molecule has 0 bridgehead atoms. The van der Waals surface area contributed by atoms with E-state index in [0.717, 1.165) is 11.3 Å². The van der Waals surface area contributed by atoms with E-state index in [0.29, 0.717) is 30.3 Å². The first kappa shape index (κ1) is 15.1. The minimum atomic E-state index is -1.28. The summed E-state index contributed by atoms with van der Waals surface area (Å²) in [5.41, 5.74) is 4.35. The zero-order valence-corrected chi connectivity index (χ0v) is 12.6. The zero-order valence-electron chi connectivity index (χ0n) is 12.6. The number of nitrogens with two attached hydrogens (primary N) is 1. The third-order valence-corrected chi connectivity index (χ3v) is 3.91. The highest BCUT2D eigenvalue weighted by Crippen LogP contribution is 2.36. The number of carbonyl (C=O) groups is 3. The molecule has 4 amide bonds. The Balaban J connectivity index is 1.94. The van der Waals surface area contributed by atoms with Crippen molar-refractivity contribution >= 4 is 17.8 Å². The van der Waals surface area contributed by atoms with Gasteiger partial charge in [-0.25, -0.2) is 4.79 Å². The molecule has 1 saturated heterocycles. The van der Waals surface area contributed by atoms with Gasteiger partial charge in [-0.15, -0.1) is 0 Å². The van der Waals surface area contributed by atoms with Crippen molar-refractivity contribution in [2.45, 2.75) is 18.9 Å². The number of carbonyl (C=O) groups excluding carboxylic acids is 3. The van der Waals surface area contributed by atoms with Crippen LogP contribution in [0.5, 0.6) is 11.5 Å². The molecule has 0 saturated carbocycles. The molecule has 2 aliphatic heterocycles. The van der Waals surface area contributed by atoms with E-state index in [1.807, 2.05) is 0 Å². The van der Waals surface area contributed by atoms with E-state index in [2.05, 4.69) is 5.32 Å². The van der Waals surface area contributed by atoms with Gasteiger partial charge in [-0.2, -0.15) is 0 Å². The SMILES string of the molecule is CC1(c2ccc3c(c2)OCCCO3)NC(=O)N(CC(N)=O)C1=O. The lowest BCUT2D eigenvalue weighted by molar-refractivity contribution is -0.134. The number of nitrogens with one attached hydrogen (secondary N) is 1. The fourth-order valence-electron chi connectivity index (χ4n) is 2.67. The number of urea groups is 1. The van der Waals surface area contributed by atoms with Crippen LogP contribution in [0.1, 0.15) is 18.9 Å². The molecule has 0 aliphatic carbocycles. The quantitative estimate of drug-likeness (QED) is 0.768. The van der Waals surface area contributed by atoms with Crippen molar-refractivity contribution < 1.29 is 23.9 Å². The number of primary amides is 1. The average molecular weight is 319 g/mol. The maximum Gasteiger partial charge on any atom is 0.325 e. The number of ether oxygens (including phenoxy) is 2. The smallest absolute Gasteiger partial charge is 0.325 e. The van der Waals surface area contributed by atoms with E-state index in [1.165, 1.54) is 0 Å². The summed E-state index contributed by atoms with van der Waals surface area (Å²) in [6.07, 6.45) is 0.767. The Morgan fingerprint density at radius 3 is 2.70 bits per heavy atom. The monoisotopic (exact) mass is 319 g/mol. The lowest BCUT2D eigenvalue weighted by atomic mass is 9.91. The molecule has 1 unspecified atom stereocenters. The first-order chi connectivity index (χ1) is 10.9. The maximum absolute atomic E-state index is 12.6. The molecule has 0 spiro atoms. The number of nitrogens with zero attached hydrogens (tertiary/aromatic N) is 1. The van der Waals surface area contributed by atoms with Gasteiger partial charge in [0.1, 0.15) is 12.1 Å². The number of fused-ring (bicyclic) bond motifs is 1. The molecule has 2 heterocycles. The normalized spacial score (nSPS) is 23.4. The first-order valence-electron chi connectivity index (χ1n) is 7.24. The van der Waals surface area contributed by atoms with Gasteiger partial charge in [-0.05, 0) is 24.6 Å². The Morgan fingerprint density at radius 1 is 1.30 bits per heavy atom. The van der Waals surface area contributed by atoms with Gasteiger partial charge in [-0.1, -0.05) is 6.07 Å². The molecular weight excluding hydrogens is 302 g/mol. The van der Waals surface area contributed by atoms with Crippen LogP contribution in [0.3, 0.4) is 0 Å². The molecule has 122 valence electrons. The predicted molar refractivity (Wildman–Crippen MR) is 78.8 cm³/mol. The van der Waals surface area contributed by atoms with Gasteiger partial charge in [0.2, 0.25) is 5.91 Å². The maximum atomic E-state index is 12.6. The zero-order chi connectivity index (χ0) is 16.6. The second-order valence-electron chi connectivity index (χ2n) is 5.62. The van der Waals surface area contributed by atoms with Crippen molar-refractivity contribution in [3.8, 4) is 11.5 Å². The fourth-order valence-corrected chi connectivity index (χ4v) is 2.67. The summed E-state index contributed by atoms with van der Waals surface area (Å²) in [6, 6.07) is 4.42. The molecule has 1 fully saturated rings. The topological polar surface area (TPSA) is 111 Å². The van der Waals surface area contributed by atoms with Crippen LogP contribution in [-0.4, -0.2) is 42.5 Å². The van der Waals surface area contributed by atoms with Crippen LogP contribution in [-0.2, 0) is 15.1 Å². The first-order valence-corrected chi connectivity index (χ1v) is 7.24. The third kappa shape index (κ3) is 2.56. The second kappa shape index (κ2) is 5.45. The predicted octanol–water partition coefficient (Wildman–Crippen LogP) is 0.100. The molecule has 0 radical (unpaired) electrons. The fraction of sp³-hybridized carbons (Fsp3) is 0.400. The highest BCUT2D eigenvalue weighted by Gasteiger charge is 2.49. The van der Waals surface area contributed by atoms with E-state index in [-0.39, 0.29) is 0 Å². The lowest BCUT2D eigenvalue weighted by Gasteiger charge is -2.23. The number of rotatable bonds is 3. The van der Waals surface area contributed by atoms with Crippen LogP contribution in [0.2, 0.25) is 0 Å². The molecule has 3 N–H and O–H groups in total. The van der Waals surface area contributed by atoms with Gasteiger partial charge in [0.05, 0.1) is 13.2 Å². The van der Waals surface area contributed by atoms with Gasteiger partial charge in [0, 0.05) is 6.42 Å². The van der Waals surface area contributed by atoms with E-state index in [9.17, 15) is 14.4 Å². The largest absolute Gasteiger partial charge is 0.490 e. The molecule has 8 nitrogen and oxygen atoms in total. The standard InChI is InChI=1S/C15H17N3O5/c1-15(13(20)18(8-12(16)19)14(21)17-15)9-3-4-10-11(7-9)23-6-2-5-22-10/h3-4,7H,2,5-6,8H2,1H3,(H2,16,19)(H,17,21). The number of benzene rings is 1. The lowest BCUT2D eigenvalue weighted by Crippen LogP contribution is -2.42. The molecular formula is C15H17N3O5. The molecule has 1 aromatic rings. The highest BCUT2D eigenvalue weighted by molar-refractivity contribution is 6.09. The van der Waals surface area contributed by atoms with Crippen molar-refractivity contribution in [3.05, 3.63) is 23.8 Å². The molecule has 0 aromatic heterocycles. The van der Waals surface area contributed by atoms with Gasteiger partial charge in [0.15, 0.2) is 11.5 Å². The number of hydrogen-bond donors (Lipinski definition) is 2. The third-order valence-electron chi connectivity index (χ3n) is 3.91. The summed E-state index contributed by atoms with van der Waals surface area (Å²) in [4.78, 5) is 36.4. The van der Waals surface area contributed by atoms with Crippen molar-refractivity contribution in [2.75, 3.05) is 19.8 Å². The van der Waals surface area contributed by atoms with Gasteiger partial charge >= 0.3 is 6.03 Å². The highest BCUT2D eigenvalue weighted by atomic mass is 16.5. The second-order valence-corrected chi connectivity index (χ2v) is 5.62. The molecule has 3 rings (SSSR count). The van der Waals surface area contributed by atoms with Crippen molar-refractivity contribution in [1.29, 1.82) is 0 Å². The number of hydrogen-bond acceptors (Lipinski definition) is 5. The van der Waals surface area contributed by atoms with E-state index >= 15 is 0 Å². The van der Waals surface area contributed by atoms with Crippen molar-refractivity contribution in [2.24, 2.45) is 5.73 Å². The van der Waals surface area contributed by atoms with Crippen LogP contribution in [0.15, 0.2) is 18.2 Å². The number of imide groups is 1. The minimum Gasteiger partial charge on any atom is -0.490 e. The van der Waals surface area contributed by atoms with Crippen LogP contribution in [0, 0.1) is 0 Å². The number of amides is 4. The molecule has 8 heteroatoms. The summed E-state index contributed by atoms with van der Waals surface area (Å²) in [6.45, 7) is 2.20. The summed E-state index contributed by atoms with van der Waals surface area (Å²) in [7, 11) is 0. The summed E-state index contributed by atoms with van der Waals surface area (Å²) in [5, 5.41) is 2.61. The van der Waals surface area contributed by atoms with Crippen LogP contribution < -0.4 is 20.5 Å². The molecule has 1 aromatic carbocycles. The van der Waals surface area contributed by atoms with Gasteiger partial charge in [-0.3, -0.25) is 14.5 Å². The molecule has 2 aliphatic rings. The van der Waals surface area contributed by atoms with Crippen molar-refractivity contribution in [1.82, 2.24) is 10.2 Å². The van der Waals surface area contributed by atoms with Gasteiger partial charge < -0.3 is 20.5 Å². The average Bonchev–Trinajstić information content (AvgIpc) is 2.70. The summed E-state index contributed by atoms with van der Waals surface area (Å²) >= 11 is 0. The van der Waals surface area contributed by atoms with Crippen molar-refractivity contribution in [3.63, 3.8) is 0 Å². The summed E-state index contributed by atoms with van der Waals surface area (Å²) in [5.74, 6) is -0.163. The van der Waals surface area contributed by atoms with Crippen LogP contribution >= 0.6 is 0 Å². The Bertz CT molecular complexity index is 690.